The molecule has 0 aliphatic rings. The van der Waals surface area contributed by atoms with Crippen LogP contribution in [-0.4, -0.2) is 28.6 Å². The van der Waals surface area contributed by atoms with Crippen molar-refractivity contribution in [2.75, 3.05) is 0 Å². The first-order valence-corrected chi connectivity index (χ1v) is 35.7. The Balaban J connectivity index is 0.000000187. The normalized spacial score (nSPS) is 11.2. The van der Waals surface area contributed by atoms with E-state index in [1.165, 1.54) is 103 Å². The summed E-state index contributed by atoms with van der Waals surface area (Å²) < 4.78 is 2.15. The number of halogens is 2. The molecular weight excluding hydrogens is 916 g/mol. The summed E-state index contributed by atoms with van der Waals surface area (Å²) in [6, 6.07) is 61.7. The Labute approximate surface area is 401 Å². The molecule has 8 rings (SSSR count). The topological polar surface area (TPSA) is 3.24 Å². The van der Waals surface area contributed by atoms with Gasteiger partial charge in [-0.3, -0.25) is 0 Å². The zero-order valence-electron chi connectivity index (χ0n) is 38.7. The summed E-state index contributed by atoms with van der Waals surface area (Å²) in [5, 5.41) is 5.35. The molecule has 0 aromatic heterocycles. The number of benzene rings is 6. The zero-order chi connectivity index (χ0) is 45.4. The average molecular weight is 980 g/mol. The first-order valence-electron chi connectivity index (χ1n) is 22.5. The predicted molar refractivity (Wildman–Crippen MR) is 284 cm³/mol. The average Bonchev–Trinajstić information content (AvgIpc) is 3.94. The summed E-state index contributed by atoms with van der Waals surface area (Å²) >= 11 is -0.826. The van der Waals surface area contributed by atoms with Gasteiger partial charge in [0.15, 0.2) is 7.98 Å². The Hall–Kier alpha value is -3.54. The third kappa shape index (κ3) is 14.2. The van der Waals surface area contributed by atoms with Crippen LogP contribution in [0.5, 0.6) is 0 Å². The van der Waals surface area contributed by atoms with Gasteiger partial charge in [0.1, 0.15) is 16.5 Å². The summed E-state index contributed by atoms with van der Waals surface area (Å²) in [6.07, 6.45) is 7.23. The van der Waals surface area contributed by atoms with Gasteiger partial charge in [-0.2, -0.15) is 0 Å². The second-order valence-electron chi connectivity index (χ2n) is 18.1. The summed E-state index contributed by atoms with van der Waals surface area (Å²) in [5.41, 5.74) is 13.5. The van der Waals surface area contributed by atoms with Crippen LogP contribution in [-0.2, 0) is 33.7 Å². The molecule has 0 bridgehead atoms. The molecule has 8 aromatic carbocycles. The fourth-order valence-electron chi connectivity index (χ4n) is 8.28. The van der Waals surface area contributed by atoms with Gasteiger partial charge in [-0.25, -0.2) is 0 Å². The molecule has 0 unspecified atom stereocenters. The van der Waals surface area contributed by atoms with Crippen LogP contribution in [0.25, 0.3) is 66.1 Å². The van der Waals surface area contributed by atoms with Crippen molar-refractivity contribution >= 4 is 63.0 Å². The van der Waals surface area contributed by atoms with Gasteiger partial charge in [0, 0.05) is 0 Å². The molecule has 322 valence electrons. The first kappa shape index (κ1) is 50.5. The molecule has 63 heavy (non-hydrogen) atoms. The van der Waals surface area contributed by atoms with E-state index in [2.05, 4.69) is 227 Å². The molecule has 0 amide bonds. The number of rotatable bonds is 12. The molecule has 2 radical (unpaired) electrons. The Morgan fingerprint density at radius 3 is 1.14 bits per heavy atom. The van der Waals surface area contributed by atoms with Crippen molar-refractivity contribution in [2.24, 2.45) is 0 Å². The summed E-state index contributed by atoms with van der Waals surface area (Å²) in [4.78, 5) is 0. The minimum atomic E-state index is -1.22. The molecule has 0 spiro atoms. The molecule has 0 saturated carbocycles. The van der Waals surface area contributed by atoms with E-state index in [0.717, 1.165) is 12.8 Å². The summed E-state index contributed by atoms with van der Waals surface area (Å²) in [5.74, 6) is 0. The Kier molecular flexibility index (Phi) is 19.8. The van der Waals surface area contributed by atoms with Crippen molar-refractivity contribution in [2.45, 2.75) is 91.7 Å². The van der Waals surface area contributed by atoms with Crippen LogP contribution in [0.4, 0.5) is 0 Å². The monoisotopic (exact) mass is 977 g/mol. The fraction of sp³-hybridized carbons (Fsp3) is 0.250. The maximum atomic E-state index is 5.98. The SMILES string of the molecule is CCCCc1ccccc1-c1cccc2[cH-]c(-c3ccccc3)cc12.CCCCc1ccccc1-c1cccc2[cH-]c(-c3ccccc3)cc12.[B]N([Si](C)(C)C)[Si](C)(C)C.[Cl][Zr+2][Cl]. The number of aryl methyl sites for hydroxylation is 2. The standard InChI is InChI=1S/2C25H23.C6H18BNSi2.2ClH.Zr/c2*1-2-3-10-20-13-7-8-15-23(20)24-16-9-14-21-17-22(18-25(21)24)19-11-5-4-6-12-19;1-9(2,3)8(7)10(4,5)6;;;/h2*4-9,11-18H,2-3,10H2,1H3;1-6H3;2*1H;/q2*-1;;;;+4/p-2. The Bertz CT molecular complexity index is 2410. The first-order chi connectivity index (χ1) is 30.3. The van der Waals surface area contributed by atoms with Gasteiger partial charge in [-0.05, 0) is 47.9 Å². The van der Waals surface area contributed by atoms with Gasteiger partial charge >= 0.3 is 37.9 Å². The Morgan fingerprint density at radius 2 is 0.810 bits per heavy atom. The number of unbranched alkanes of at least 4 members (excludes halogenated alkanes) is 2. The molecule has 7 heteroatoms. The number of fused-ring (bicyclic) bond motifs is 2. The third-order valence-corrected chi connectivity index (χ3v) is 18.3. The summed E-state index contributed by atoms with van der Waals surface area (Å²) in [6.45, 7) is 18.2. The van der Waals surface area contributed by atoms with E-state index in [1.807, 2.05) is 0 Å². The molecule has 8 aromatic rings. The van der Waals surface area contributed by atoms with Gasteiger partial charge in [0.05, 0.1) is 0 Å². The van der Waals surface area contributed by atoms with Gasteiger partial charge in [-0.15, -0.1) is 69.1 Å². The van der Waals surface area contributed by atoms with Crippen LogP contribution < -0.4 is 0 Å². The number of nitrogens with zero attached hydrogens (tertiary/aromatic N) is 1. The summed E-state index contributed by atoms with van der Waals surface area (Å²) in [7, 11) is 13.4. The number of hydrogen-bond acceptors (Lipinski definition) is 1. The molecule has 0 saturated heterocycles. The van der Waals surface area contributed by atoms with E-state index in [-0.39, 0.29) is 0 Å². The predicted octanol–water partition coefficient (Wildman–Crippen LogP) is 17.9. The quantitative estimate of drug-likeness (QED) is 0.0871. The van der Waals surface area contributed by atoms with E-state index < -0.39 is 37.3 Å². The van der Waals surface area contributed by atoms with Crippen molar-refractivity contribution < 1.29 is 20.8 Å². The fourth-order valence-corrected chi connectivity index (χ4v) is 16.3. The van der Waals surface area contributed by atoms with Crippen molar-refractivity contribution in [1.82, 2.24) is 4.14 Å². The van der Waals surface area contributed by atoms with Crippen molar-refractivity contribution in [1.29, 1.82) is 0 Å². The van der Waals surface area contributed by atoms with Crippen LogP contribution in [0, 0.1) is 0 Å². The van der Waals surface area contributed by atoms with E-state index in [9.17, 15) is 0 Å². The van der Waals surface area contributed by atoms with Gasteiger partial charge in [-0.1, -0.05) is 222 Å². The van der Waals surface area contributed by atoms with Gasteiger partial charge < -0.3 is 4.14 Å². The Morgan fingerprint density at radius 1 is 0.476 bits per heavy atom. The van der Waals surface area contributed by atoms with Crippen LogP contribution in [0.15, 0.2) is 170 Å². The van der Waals surface area contributed by atoms with E-state index >= 15 is 0 Å². The second-order valence-corrected chi connectivity index (χ2v) is 32.0. The van der Waals surface area contributed by atoms with Gasteiger partial charge in [0.2, 0.25) is 0 Å². The molecule has 0 atom stereocenters. The molecule has 0 N–H and O–H groups in total. The van der Waals surface area contributed by atoms with E-state index in [1.54, 1.807) is 0 Å². The molecular formula is C56H64BCl2NSi2Zr. The van der Waals surface area contributed by atoms with Crippen molar-refractivity contribution in [3.8, 4) is 44.5 Å². The molecule has 1 nitrogen and oxygen atoms in total. The maximum absolute atomic E-state index is 5.98. The molecule has 0 aliphatic carbocycles. The third-order valence-electron chi connectivity index (χ3n) is 11.4. The molecule has 0 fully saturated rings. The van der Waals surface area contributed by atoms with Crippen LogP contribution in [0.3, 0.4) is 0 Å². The van der Waals surface area contributed by atoms with Crippen LogP contribution in [0.1, 0.15) is 50.7 Å². The van der Waals surface area contributed by atoms with Gasteiger partial charge in [0.25, 0.3) is 0 Å². The molecule has 0 aliphatic heterocycles. The van der Waals surface area contributed by atoms with Crippen molar-refractivity contribution in [3.05, 3.63) is 181 Å². The number of hydrogen-bond donors (Lipinski definition) is 0. The van der Waals surface area contributed by atoms with E-state index in [0.29, 0.717) is 0 Å². The van der Waals surface area contributed by atoms with E-state index in [4.69, 9.17) is 25.0 Å². The zero-order valence-corrected chi connectivity index (χ0v) is 44.7. The van der Waals surface area contributed by atoms with Crippen LogP contribution >= 0.6 is 17.0 Å². The van der Waals surface area contributed by atoms with Crippen LogP contribution in [0.2, 0.25) is 39.3 Å². The molecule has 0 heterocycles. The minimum absolute atomic E-state index is 0.826. The van der Waals surface area contributed by atoms with Crippen molar-refractivity contribution in [3.63, 3.8) is 0 Å². The second kappa shape index (κ2) is 24.7.